The van der Waals surface area contributed by atoms with E-state index in [1.54, 1.807) is 0 Å². The predicted octanol–water partition coefficient (Wildman–Crippen LogP) is 5.47. The van der Waals surface area contributed by atoms with E-state index in [1.165, 1.54) is 36.4 Å². The first kappa shape index (κ1) is 25.6. The van der Waals surface area contributed by atoms with Crippen LogP contribution in [0.15, 0.2) is 71.6 Å². The van der Waals surface area contributed by atoms with Gasteiger partial charge in [-0.3, -0.25) is 4.79 Å². The van der Waals surface area contributed by atoms with E-state index in [0.29, 0.717) is 17.7 Å². The fourth-order valence-electron chi connectivity index (χ4n) is 2.96. The zero-order valence-corrected chi connectivity index (χ0v) is 18.7. The van der Waals surface area contributed by atoms with Gasteiger partial charge in [0.05, 0.1) is 17.0 Å². The van der Waals surface area contributed by atoms with Crippen molar-refractivity contribution < 1.29 is 35.2 Å². The third-order valence-electron chi connectivity index (χ3n) is 4.60. The largest absolute Gasteiger partial charge is 0.419 e. The van der Waals surface area contributed by atoms with Gasteiger partial charge in [0.25, 0.3) is 0 Å². The number of sulfonamides is 1. The third-order valence-corrected chi connectivity index (χ3v) is 6.66. The predicted molar refractivity (Wildman–Crippen MR) is 115 cm³/mol. The van der Waals surface area contributed by atoms with Crippen molar-refractivity contribution >= 4 is 33.2 Å². The Morgan fingerprint density at radius 2 is 1.56 bits per heavy atom. The molecule has 1 N–H and O–H groups in total. The van der Waals surface area contributed by atoms with E-state index < -0.39 is 45.8 Å². The van der Waals surface area contributed by atoms with E-state index >= 15 is 0 Å². The van der Waals surface area contributed by atoms with Gasteiger partial charge in [-0.05, 0) is 60.2 Å². The van der Waals surface area contributed by atoms with E-state index in [4.69, 9.17) is 11.6 Å². The SMILES string of the molecule is O=C(CN(Cc1ccc(F)cc1)S(=O)(=O)c1ccc(Cl)cc1)Nc1ccc(F)c(C(F)(F)F)c1. The summed E-state index contributed by atoms with van der Waals surface area (Å²) in [5.74, 6) is -3.04. The molecule has 3 aromatic carbocycles. The van der Waals surface area contributed by atoms with Gasteiger partial charge in [0, 0.05) is 17.3 Å². The molecule has 12 heteroatoms. The summed E-state index contributed by atoms with van der Waals surface area (Å²) in [4.78, 5) is 12.4. The quantitative estimate of drug-likeness (QED) is 0.422. The molecule has 0 aliphatic heterocycles. The highest BCUT2D eigenvalue weighted by Gasteiger charge is 2.34. The summed E-state index contributed by atoms with van der Waals surface area (Å²) in [5, 5.41) is 2.42. The van der Waals surface area contributed by atoms with Gasteiger partial charge in [-0.25, -0.2) is 17.2 Å². The topological polar surface area (TPSA) is 66.5 Å². The van der Waals surface area contributed by atoms with Crippen molar-refractivity contribution in [2.24, 2.45) is 0 Å². The van der Waals surface area contributed by atoms with E-state index in [1.807, 2.05) is 0 Å². The van der Waals surface area contributed by atoms with Gasteiger partial charge >= 0.3 is 6.18 Å². The minimum absolute atomic E-state index is 0.187. The molecule has 34 heavy (non-hydrogen) atoms. The maximum Gasteiger partial charge on any atom is 0.419 e. The molecule has 0 bridgehead atoms. The first-order valence-electron chi connectivity index (χ1n) is 9.53. The number of alkyl halides is 3. The summed E-state index contributed by atoms with van der Waals surface area (Å²) < 4.78 is 92.7. The van der Waals surface area contributed by atoms with Crippen molar-refractivity contribution in [2.75, 3.05) is 11.9 Å². The second-order valence-corrected chi connectivity index (χ2v) is 9.47. The lowest BCUT2D eigenvalue weighted by Crippen LogP contribution is -2.37. The van der Waals surface area contributed by atoms with Gasteiger partial charge in [0.1, 0.15) is 11.6 Å². The molecule has 0 atom stereocenters. The number of rotatable bonds is 7. The van der Waals surface area contributed by atoms with E-state index in [9.17, 15) is 35.2 Å². The summed E-state index contributed by atoms with van der Waals surface area (Å²) in [6.07, 6.45) is -4.99. The fraction of sp³-hybridized carbons (Fsp3) is 0.136. The minimum atomic E-state index is -4.99. The van der Waals surface area contributed by atoms with Crippen LogP contribution in [0.25, 0.3) is 0 Å². The van der Waals surface area contributed by atoms with Gasteiger partial charge in [-0.15, -0.1) is 0 Å². The Hall–Kier alpha value is -3.02. The standard InChI is InChI=1S/C22H16ClF5N2O3S/c23-15-3-8-18(9-4-15)34(32,33)30(12-14-1-5-16(24)6-2-14)13-21(31)29-17-7-10-20(25)19(11-17)22(26,27)28/h1-11H,12-13H2,(H,29,31). The van der Waals surface area contributed by atoms with Crippen LogP contribution < -0.4 is 5.32 Å². The molecule has 0 saturated heterocycles. The van der Waals surface area contributed by atoms with Crippen LogP contribution in [0.3, 0.4) is 0 Å². The molecule has 0 saturated carbocycles. The van der Waals surface area contributed by atoms with Gasteiger partial charge in [0.2, 0.25) is 15.9 Å². The molecular formula is C22H16ClF5N2O3S. The zero-order valence-electron chi connectivity index (χ0n) is 17.1. The van der Waals surface area contributed by atoms with Crippen molar-refractivity contribution in [3.63, 3.8) is 0 Å². The number of carbonyl (C=O) groups is 1. The van der Waals surface area contributed by atoms with E-state index in [2.05, 4.69) is 5.32 Å². The Labute approximate surface area is 196 Å². The van der Waals surface area contributed by atoms with Crippen LogP contribution in [0, 0.1) is 11.6 Å². The number of halogens is 6. The maximum atomic E-state index is 13.5. The molecule has 0 spiro atoms. The summed E-state index contributed by atoms with van der Waals surface area (Å²) in [6.45, 7) is -1.13. The Morgan fingerprint density at radius 3 is 2.15 bits per heavy atom. The maximum absolute atomic E-state index is 13.5. The lowest BCUT2D eigenvalue weighted by atomic mass is 10.2. The normalized spacial score (nSPS) is 12.1. The van der Waals surface area contributed by atoms with Gasteiger partial charge in [0.15, 0.2) is 0 Å². The molecule has 0 aliphatic carbocycles. The summed E-state index contributed by atoms with van der Waals surface area (Å²) in [7, 11) is -4.27. The smallest absolute Gasteiger partial charge is 0.325 e. The first-order valence-corrected chi connectivity index (χ1v) is 11.3. The Kier molecular flexibility index (Phi) is 7.59. The van der Waals surface area contributed by atoms with Crippen molar-refractivity contribution in [3.05, 3.63) is 94.5 Å². The number of amides is 1. The van der Waals surface area contributed by atoms with Crippen LogP contribution in [-0.2, 0) is 27.5 Å². The van der Waals surface area contributed by atoms with Crippen molar-refractivity contribution in [1.82, 2.24) is 4.31 Å². The monoisotopic (exact) mass is 518 g/mol. The summed E-state index contributed by atoms with van der Waals surface area (Å²) >= 11 is 5.80. The first-order chi connectivity index (χ1) is 15.9. The zero-order chi connectivity index (χ0) is 25.1. The highest BCUT2D eigenvalue weighted by Crippen LogP contribution is 2.33. The summed E-state index contributed by atoms with van der Waals surface area (Å²) in [6, 6.07) is 11.9. The van der Waals surface area contributed by atoms with Gasteiger partial charge < -0.3 is 5.32 Å². The lowest BCUT2D eigenvalue weighted by molar-refractivity contribution is -0.140. The Balaban J connectivity index is 1.88. The Bertz CT molecular complexity index is 1280. The van der Waals surface area contributed by atoms with Gasteiger partial charge in [-0.1, -0.05) is 23.7 Å². The van der Waals surface area contributed by atoms with Gasteiger partial charge in [-0.2, -0.15) is 17.5 Å². The highest BCUT2D eigenvalue weighted by molar-refractivity contribution is 7.89. The molecule has 0 unspecified atom stereocenters. The average molecular weight is 519 g/mol. The molecule has 3 rings (SSSR count). The van der Waals surface area contributed by atoms with Crippen molar-refractivity contribution in [1.29, 1.82) is 0 Å². The molecule has 1 amide bonds. The average Bonchev–Trinajstić information content (AvgIpc) is 2.75. The number of benzene rings is 3. The number of hydrogen-bond donors (Lipinski definition) is 1. The fourth-order valence-corrected chi connectivity index (χ4v) is 4.47. The Morgan fingerprint density at radius 1 is 0.941 bits per heavy atom. The minimum Gasteiger partial charge on any atom is -0.325 e. The number of nitrogens with one attached hydrogen (secondary N) is 1. The lowest BCUT2D eigenvalue weighted by Gasteiger charge is -2.22. The molecule has 180 valence electrons. The van der Waals surface area contributed by atoms with Crippen LogP contribution in [0.2, 0.25) is 5.02 Å². The summed E-state index contributed by atoms with van der Waals surface area (Å²) in [5.41, 5.74) is -1.60. The third kappa shape index (κ3) is 6.31. The number of carbonyl (C=O) groups excluding carboxylic acids is 1. The van der Waals surface area contributed by atoms with Crippen molar-refractivity contribution in [2.45, 2.75) is 17.6 Å². The van der Waals surface area contributed by atoms with Crippen LogP contribution in [0.5, 0.6) is 0 Å². The van der Waals surface area contributed by atoms with Crippen LogP contribution in [0.1, 0.15) is 11.1 Å². The number of nitrogens with zero attached hydrogens (tertiary/aromatic N) is 1. The van der Waals surface area contributed by atoms with E-state index in [0.717, 1.165) is 22.5 Å². The van der Waals surface area contributed by atoms with Crippen molar-refractivity contribution in [3.8, 4) is 0 Å². The molecular weight excluding hydrogens is 503 g/mol. The number of anilines is 1. The van der Waals surface area contributed by atoms with Crippen LogP contribution in [0.4, 0.5) is 27.6 Å². The molecule has 5 nitrogen and oxygen atoms in total. The second-order valence-electron chi connectivity index (χ2n) is 7.09. The number of hydrogen-bond acceptors (Lipinski definition) is 3. The highest BCUT2D eigenvalue weighted by atomic mass is 35.5. The van der Waals surface area contributed by atoms with Crippen LogP contribution in [-0.4, -0.2) is 25.2 Å². The van der Waals surface area contributed by atoms with Crippen LogP contribution >= 0.6 is 11.6 Å². The molecule has 0 fully saturated rings. The molecule has 0 aliphatic rings. The van der Waals surface area contributed by atoms with E-state index in [-0.39, 0.29) is 22.2 Å². The molecule has 0 aromatic heterocycles. The molecule has 0 radical (unpaired) electrons. The molecule has 3 aromatic rings. The second kappa shape index (κ2) is 10.1. The molecule has 0 heterocycles.